The standard InChI is InChI=1S/C11H17NO3/c1-4-11(2,10(13)14)12(3)7-9-5-6-15-8-9/h5-6,8H,4,7H2,1-3H3,(H,13,14). The average Bonchev–Trinajstić information content (AvgIpc) is 2.68. The number of carbonyl (C=O) groups is 1. The van der Waals surface area contributed by atoms with Gasteiger partial charge in [0.15, 0.2) is 0 Å². The SMILES string of the molecule is CCC(C)(C(=O)O)N(C)Cc1ccoc1. The summed E-state index contributed by atoms with van der Waals surface area (Å²) in [5, 5.41) is 9.17. The Morgan fingerprint density at radius 1 is 1.67 bits per heavy atom. The van der Waals surface area contributed by atoms with Crippen LogP contribution in [-0.2, 0) is 11.3 Å². The van der Waals surface area contributed by atoms with E-state index in [1.807, 2.05) is 24.9 Å². The average molecular weight is 211 g/mol. The molecule has 0 aliphatic carbocycles. The molecule has 4 nitrogen and oxygen atoms in total. The lowest BCUT2D eigenvalue weighted by atomic mass is 9.97. The zero-order chi connectivity index (χ0) is 11.5. The topological polar surface area (TPSA) is 53.7 Å². The molecule has 0 aromatic carbocycles. The van der Waals surface area contributed by atoms with Crippen molar-refractivity contribution in [3.63, 3.8) is 0 Å². The van der Waals surface area contributed by atoms with Crippen LogP contribution in [0.2, 0.25) is 0 Å². The van der Waals surface area contributed by atoms with Crippen molar-refractivity contribution in [3.05, 3.63) is 24.2 Å². The smallest absolute Gasteiger partial charge is 0.323 e. The molecular formula is C11H17NO3. The summed E-state index contributed by atoms with van der Waals surface area (Å²) in [6, 6.07) is 1.84. The fraction of sp³-hybridized carbons (Fsp3) is 0.545. The summed E-state index contributed by atoms with van der Waals surface area (Å²) in [5.41, 5.74) is 0.163. The first-order chi connectivity index (χ1) is 7.00. The van der Waals surface area contributed by atoms with Crippen LogP contribution in [0.1, 0.15) is 25.8 Å². The number of rotatable bonds is 5. The maximum absolute atomic E-state index is 11.2. The molecule has 0 amide bonds. The fourth-order valence-electron chi connectivity index (χ4n) is 1.42. The van der Waals surface area contributed by atoms with Gasteiger partial charge in [-0.05, 0) is 26.5 Å². The molecule has 1 unspecified atom stereocenters. The fourth-order valence-corrected chi connectivity index (χ4v) is 1.42. The third kappa shape index (κ3) is 2.39. The Morgan fingerprint density at radius 2 is 2.33 bits per heavy atom. The predicted octanol–water partition coefficient (Wildman–Crippen LogP) is 1.96. The van der Waals surface area contributed by atoms with Crippen molar-refractivity contribution in [2.24, 2.45) is 0 Å². The molecule has 84 valence electrons. The molecule has 0 saturated carbocycles. The number of nitrogens with zero attached hydrogens (tertiary/aromatic N) is 1. The van der Waals surface area contributed by atoms with Crippen molar-refractivity contribution in [3.8, 4) is 0 Å². The van der Waals surface area contributed by atoms with E-state index in [2.05, 4.69) is 0 Å². The quantitative estimate of drug-likeness (QED) is 0.809. The number of carboxylic acid groups (broad SMARTS) is 1. The van der Waals surface area contributed by atoms with E-state index in [-0.39, 0.29) is 0 Å². The van der Waals surface area contributed by atoms with Crippen LogP contribution in [-0.4, -0.2) is 28.6 Å². The Balaban J connectivity index is 2.74. The number of carboxylic acids is 1. The molecule has 0 bridgehead atoms. The zero-order valence-corrected chi connectivity index (χ0v) is 9.36. The normalized spacial score (nSPS) is 15.2. The number of furan rings is 1. The largest absolute Gasteiger partial charge is 0.480 e. The highest BCUT2D eigenvalue weighted by Gasteiger charge is 2.35. The highest BCUT2D eigenvalue weighted by atomic mass is 16.4. The van der Waals surface area contributed by atoms with E-state index in [1.165, 1.54) is 0 Å². The molecule has 0 saturated heterocycles. The van der Waals surface area contributed by atoms with Crippen LogP contribution in [0.25, 0.3) is 0 Å². The van der Waals surface area contributed by atoms with Crippen LogP contribution in [0.5, 0.6) is 0 Å². The first-order valence-corrected chi connectivity index (χ1v) is 4.96. The Morgan fingerprint density at radius 3 is 2.73 bits per heavy atom. The van der Waals surface area contributed by atoms with Gasteiger partial charge < -0.3 is 9.52 Å². The third-order valence-corrected chi connectivity index (χ3v) is 2.99. The zero-order valence-electron chi connectivity index (χ0n) is 9.36. The molecule has 0 aliphatic heterocycles. The summed E-state index contributed by atoms with van der Waals surface area (Å²) in [5.74, 6) is -0.795. The van der Waals surface area contributed by atoms with Crippen molar-refractivity contribution in [2.45, 2.75) is 32.4 Å². The Labute approximate surface area is 89.5 Å². The molecular weight excluding hydrogens is 194 g/mol. The third-order valence-electron chi connectivity index (χ3n) is 2.99. The van der Waals surface area contributed by atoms with E-state index < -0.39 is 11.5 Å². The molecule has 1 heterocycles. The first-order valence-electron chi connectivity index (χ1n) is 4.96. The maximum atomic E-state index is 11.2. The molecule has 1 N–H and O–H groups in total. The van der Waals surface area contributed by atoms with Crippen LogP contribution < -0.4 is 0 Å². The molecule has 15 heavy (non-hydrogen) atoms. The van der Waals surface area contributed by atoms with Gasteiger partial charge in [-0.25, -0.2) is 0 Å². The van der Waals surface area contributed by atoms with Crippen LogP contribution >= 0.6 is 0 Å². The van der Waals surface area contributed by atoms with Gasteiger partial charge in [0.2, 0.25) is 0 Å². The van der Waals surface area contributed by atoms with E-state index in [0.717, 1.165) is 5.56 Å². The van der Waals surface area contributed by atoms with Crippen LogP contribution in [0.15, 0.2) is 23.0 Å². The summed E-state index contributed by atoms with van der Waals surface area (Å²) >= 11 is 0. The van der Waals surface area contributed by atoms with Gasteiger partial charge in [-0.1, -0.05) is 6.92 Å². The van der Waals surface area contributed by atoms with Gasteiger partial charge in [0, 0.05) is 12.1 Å². The van der Waals surface area contributed by atoms with Crippen LogP contribution in [0.4, 0.5) is 0 Å². The summed E-state index contributed by atoms with van der Waals surface area (Å²) in [4.78, 5) is 13.0. The first kappa shape index (κ1) is 11.8. The monoisotopic (exact) mass is 211 g/mol. The molecule has 1 aromatic heterocycles. The summed E-state index contributed by atoms with van der Waals surface area (Å²) in [7, 11) is 1.81. The molecule has 0 fully saturated rings. The molecule has 0 spiro atoms. The molecule has 1 rings (SSSR count). The molecule has 1 atom stereocenters. The van der Waals surface area contributed by atoms with Crippen molar-refractivity contribution in [2.75, 3.05) is 7.05 Å². The minimum absolute atomic E-state index is 0.566. The van der Waals surface area contributed by atoms with Crippen LogP contribution in [0.3, 0.4) is 0 Å². The second-order valence-electron chi connectivity index (χ2n) is 3.92. The lowest BCUT2D eigenvalue weighted by Crippen LogP contribution is -2.49. The van der Waals surface area contributed by atoms with E-state index in [9.17, 15) is 4.79 Å². The van der Waals surface area contributed by atoms with Gasteiger partial charge in [-0.2, -0.15) is 0 Å². The highest BCUT2D eigenvalue weighted by Crippen LogP contribution is 2.20. The van der Waals surface area contributed by atoms with E-state index in [4.69, 9.17) is 9.52 Å². The maximum Gasteiger partial charge on any atom is 0.323 e. The van der Waals surface area contributed by atoms with Gasteiger partial charge in [0.25, 0.3) is 0 Å². The second kappa shape index (κ2) is 4.49. The summed E-state index contributed by atoms with van der Waals surface area (Å²) in [6.45, 7) is 4.18. The molecule has 0 aliphatic rings. The summed E-state index contributed by atoms with van der Waals surface area (Å²) in [6.07, 6.45) is 3.79. The lowest BCUT2D eigenvalue weighted by molar-refractivity contribution is -0.150. The van der Waals surface area contributed by atoms with Gasteiger partial charge >= 0.3 is 5.97 Å². The van der Waals surface area contributed by atoms with Crippen LogP contribution in [0, 0.1) is 0 Å². The van der Waals surface area contributed by atoms with Crippen molar-refractivity contribution in [1.29, 1.82) is 0 Å². The Bertz CT molecular complexity index is 321. The van der Waals surface area contributed by atoms with Gasteiger partial charge in [-0.15, -0.1) is 0 Å². The Hall–Kier alpha value is -1.29. The number of hydrogen-bond donors (Lipinski definition) is 1. The predicted molar refractivity (Wildman–Crippen MR) is 56.5 cm³/mol. The summed E-state index contributed by atoms with van der Waals surface area (Å²) < 4.78 is 4.95. The highest BCUT2D eigenvalue weighted by molar-refractivity contribution is 5.78. The number of hydrogen-bond acceptors (Lipinski definition) is 3. The van der Waals surface area contributed by atoms with E-state index in [0.29, 0.717) is 13.0 Å². The van der Waals surface area contributed by atoms with Crippen molar-refractivity contribution in [1.82, 2.24) is 4.90 Å². The molecule has 1 aromatic rings. The van der Waals surface area contributed by atoms with E-state index in [1.54, 1.807) is 19.5 Å². The minimum Gasteiger partial charge on any atom is -0.480 e. The second-order valence-corrected chi connectivity index (χ2v) is 3.92. The van der Waals surface area contributed by atoms with Crippen molar-refractivity contribution >= 4 is 5.97 Å². The van der Waals surface area contributed by atoms with Gasteiger partial charge in [-0.3, -0.25) is 9.69 Å². The Kier molecular flexibility index (Phi) is 3.52. The molecule has 4 heteroatoms. The van der Waals surface area contributed by atoms with E-state index >= 15 is 0 Å². The van der Waals surface area contributed by atoms with Crippen molar-refractivity contribution < 1.29 is 14.3 Å². The van der Waals surface area contributed by atoms with Gasteiger partial charge in [0.05, 0.1) is 12.5 Å². The van der Waals surface area contributed by atoms with Gasteiger partial charge in [0.1, 0.15) is 5.54 Å². The lowest BCUT2D eigenvalue weighted by Gasteiger charge is -2.33. The minimum atomic E-state index is -0.822. The molecule has 0 radical (unpaired) electrons. The number of aliphatic carboxylic acids is 1. The number of likely N-dealkylation sites (N-methyl/N-ethyl adjacent to an activating group) is 1.